The third-order valence-electron chi connectivity index (χ3n) is 3.17. The summed E-state index contributed by atoms with van der Waals surface area (Å²) in [6, 6.07) is 15.0. The predicted octanol–water partition coefficient (Wildman–Crippen LogP) is 5.21. The zero-order valence-corrected chi connectivity index (χ0v) is 12.2. The molecule has 0 aliphatic carbocycles. The summed E-state index contributed by atoms with van der Waals surface area (Å²) in [6.45, 7) is 1.07. The predicted molar refractivity (Wildman–Crippen MR) is 84.7 cm³/mol. The highest BCUT2D eigenvalue weighted by Gasteiger charge is 1.98. The van der Waals surface area contributed by atoms with Gasteiger partial charge >= 0.3 is 0 Å². The van der Waals surface area contributed by atoms with Gasteiger partial charge in [0.05, 0.1) is 0 Å². The maximum absolute atomic E-state index is 3.55. The summed E-state index contributed by atoms with van der Waals surface area (Å²) in [6.07, 6.45) is 5.16. The second-order valence-corrected chi connectivity index (χ2v) is 5.35. The van der Waals surface area contributed by atoms with E-state index in [9.17, 15) is 0 Å². The van der Waals surface area contributed by atoms with Crippen LogP contribution in [-0.4, -0.2) is 11.9 Å². The molecule has 0 aromatic heterocycles. The Morgan fingerprint density at radius 1 is 0.833 bits per heavy atom. The summed E-state index contributed by atoms with van der Waals surface area (Å²) in [5.74, 6) is 0. The van der Waals surface area contributed by atoms with Crippen molar-refractivity contribution >= 4 is 32.4 Å². The average Bonchev–Trinajstić information content (AvgIpc) is 2.43. The number of hydrogen-bond acceptors (Lipinski definition) is 1. The zero-order chi connectivity index (χ0) is 12.6. The zero-order valence-electron chi connectivity index (χ0n) is 10.7. The highest BCUT2D eigenvalue weighted by Crippen LogP contribution is 2.22. The second-order valence-electron chi connectivity index (χ2n) is 4.56. The second kappa shape index (κ2) is 7.42. The van der Waals surface area contributed by atoms with E-state index in [1.165, 1.54) is 42.1 Å². The van der Waals surface area contributed by atoms with Crippen LogP contribution in [-0.2, 0) is 0 Å². The Kier molecular flexibility index (Phi) is 5.53. The van der Waals surface area contributed by atoms with Gasteiger partial charge in [0.1, 0.15) is 0 Å². The Hall–Kier alpha value is -1.02. The van der Waals surface area contributed by atoms with E-state index in [2.05, 4.69) is 63.7 Å². The van der Waals surface area contributed by atoms with Gasteiger partial charge in [0.15, 0.2) is 0 Å². The first-order chi connectivity index (χ1) is 8.92. The monoisotopic (exact) mass is 305 g/mol. The molecule has 0 amide bonds. The molecule has 96 valence electrons. The van der Waals surface area contributed by atoms with Crippen molar-refractivity contribution in [2.75, 3.05) is 17.2 Å². The summed E-state index contributed by atoms with van der Waals surface area (Å²) in [5, 5.41) is 7.31. The molecule has 2 aromatic rings. The first-order valence-corrected chi connectivity index (χ1v) is 7.81. The van der Waals surface area contributed by atoms with Gasteiger partial charge < -0.3 is 5.32 Å². The van der Waals surface area contributed by atoms with Crippen LogP contribution < -0.4 is 5.32 Å². The van der Waals surface area contributed by atoms with Crippen LogP contribution in [0.2, 0.25) is 0 Å². The van der Waals surface area contributed by atoms with Crippen molar-refractivity contribution in [3.05, 3.63) is 42.5 Å². The van der Waals surface area contributed by atoms with Crippen molar-refractivity contribution in [1.29, 1.82) is 0 Å². The highest BCUT2D eigenvalue weighted by atomic mass is 79.9. The van der Waals surface area contributed by atoms with Gasteiger partial charge in [0.2, 0.25) is 0 Å². The molecular formula is C16H20BrN. The van der Waals surface area contributed by atoms with Crippen LogP contribution in [0.4, 0.5) is 5.69 Å². The summed E-state index contributed by atoms with van der Waals surface area (Å²) in [4.78, 5) is 0. The Morgan fingerprint density at radius 2 is 1.61 bits per heavy atom. The minimum absolute atomic E-state index is 1.07. The lowest BCUT2D eigenvalue weighted by molar-refractivity contribution is 0.690. The molecular weight excluding hydrogens is 286 g/mol. The standard InChI is InChI=1S/C16H20BrN/c17-12-5-1-2-6-13-18-16-11-7-9-14-8-3-4-10-15(14)16/h3-4,7-11,18H,1-2,5-6,12-13H2. The Balaban J connectivity index is 1.88. The average molecular weight is 306 g/mol. The van der Waals surface area contributed by atoms with Gasteiger partial charge in [-0.15, -0.1) is 0 Å². The van der Waals surface area contributed by atoms with Crippen LogP contribution in [0.1, 0.15) is 25.7 Å². The normalized spacial score (nSPS) is 10.7. The van der Waals surface area contributed by atoms with Gasteiger partial charge in [-0.25, -0.2) is 0 Å². The quantitative estimate of drug-likeness (QED) is 0.547. The molecule has 0 radical (unpaired) electrons. The summed E-state index contributed by atoms with van der Waals surface area (Å²) in [7, 11) is 0. The molecule has 0 aliphatic heterocycles. The Bertz CT molecular complexity index is 476. The fourth-order valence-electron chi connectivity index (χ4n) is 2.18. The van der Waals surface area contributed by atoms with Crippen LogP contribution in [0, 0.1) is 0 Å². The van der Waals surface area contributed by atoms with E-state index in [-0.39, 0.29) is 0 Å². The molecule has 2 aromatic carbocycles. The number of nitrogens with one attached hydrogen (secondary N) is 1. The SMILES string of the molecule is BrCCCCCCNc1cccc2ccccc12. The topological polar surface area (TPSA) is 12.0 Å². The molecule has 1 nitrogen and oxygen atoms in total. The number of anilines is 1. The van der Waals surface area contributed by atoms with Gasteiger partial charge in [-0.3, -0.25) is 0 Å². The maximum atomic E-state index is 3.55. The van der Waals surface area contributed by atoms with E-state index < -0.39 is 0 Å². The van der Waals surface area contributed by atoms with Crippen LogP contribution >= 0.6 is 15.9 Å². The van der Waals surface area contributed by atoms with Crippen molar-refractivity contribution in [1.82, 2.24) is 0 Å². The van der Waals surface area contributed by atoms with Gasteiger partial charge in [0.25, 0.3) is 0 Å². The van der Waals surface area contributed by atoms with Crippen molar-refractivity contribution in [3.63, 3.8) is 0 Å². The summed E-state index contributed by atoms with van der Waals surface area (Å²) in [5.41, 5.74) is 1.26. The minimum Gasteiger partial charge on any atom is -0.385 e. The molecule has 1 N–H and O–H groups in total. The largest absolute Gasteiger partial charge is 0.385 e. The van der Waals surface area contributed by atoms with E-state index in [1.807, 2.05) is 0 Å². The summed E-state index contributed by atoms with van der Waals surface area (Å²) >= 11 is 3.47. The number of halogens is 1. The maximum Gasteiger partial charge on any atom is 0.0419 e. The molecule has 0 saturated carbocycles. The minimum atomic E-state index is 1.07. The lowest BCUT2D eigenvalue weighted by Crippen LogP contribution is -2.01. The fraction of sp³-hybridized carbons (Fsp3) is 0.375. The smallest absolute Gasteiger partial charge is 0.0419 e. The first kappa shape index (κ1) is 13.4. The molecule has 2 rings (SSSR count). The van der Waals surface area contributed by atoms with Gasteiger partial charge in [-0.2, -0.15) is 0 Å². The number of rotatable bonds is 7. The number of benzene rings is 2. The molecule has 0 saturated heterocycles. The fourth-order valence-corrected chi connectivity index (χ4v) is 2.57. The van der Waals surface area contributed by atoms with E-state index >= 15 is 0 Å². The molecule has 18 heavy (non-hydrogen) atoms. The lowest BCUT2D eigenvalue weighted by Gasteiger charge is -2.09. The molecule has 0 unspecified atom stereocenters. The molecule has 0 aliphatic rings. The van der Waals surface area contributed by atoms with Crippen molar-refractivity contribution < 1.29 is 0 Å². The Morgan fingerprint density at radius 3 is 2.50 bits per heavy atom. The Labute approximate surface area is 118 Å². The highest BCUT2D eigenvalue weighted by molar-refractivity contribution is 9.09. The van der Waals surface area contributed by atoms with Crippen LogP contribution in [0.5, 0.6) is 0 Å². The van der Waals surface area contributed by atoms with Crippen LogP contribution in [0.3, 0.4) is 0 Å². The van der Waals surface area contributed by atoms with E-state index in [0.29, 0.717) is 0 Å². The van der Waals surface area contributed by atoms with Gasteiger partial charge in [-0.05, 0) is 24.3 Å². The molecule has 0 heterocycles. The van der Waals surface area contributed by atoms with E-state index in [0.717, 1.165) is 11.9 Å². The van der Waals surface area contributed by atoms with Crippen molar-refractivity contribution in [3.8, 4) is 0 Å². The van der Waals surface area contributed by atoms with Gasteiger partial charge in [-0.1, -0.05) is 65.2 Å². The lowest BCUT2D eigenvalue weighted by atomic mass is 10.1. The molecule has 2 heteroatoms. The van der Waals surface area contributed by atoms with E-state index in [1.54, 1.807) is 0 Å². The van der Waals surface area contributed by atoms with Crippen molar-refractivity contribution in [2.24, 2.45) is 0 Å². The molecule has 0 spiro atoms. The third kappa shape index (κ3) is 3.74. The third-order valence-corrected chi connectivity index (χ3v) is 3.73. The number of hydrogen-bond donors (Lipinski definition) is 1. The van der Waals surface area contributed by atoms with Crippen LogP contribution in [0.15, 0.2) is 42.5 Å². The molecule has 0 fully saturated rings. The number of alkyl halides is 1. The molecule has 0 bridgehead atoms. The van der Waals surface area contributed by atoms with Crippen LogP contribution in [0.25, 0.3) is 10.8 Å². The van der Waals surface area contributed by atoms with Crippen molar-refractivity contribution in [2.45, 2.75) is 25.7 Å². The summed E-state index contributed by atoms with van der Waals surface area (Å²) < 4.78 is 0. The van der Waals surface area contributed by atoms with Gasteiger partial charge in [0, 0.05) is 22.9 Å². The number of unbranched alkanes of at least 4 members (excludes halogenated alkanes) is 3. The number of fused-ring (bicyclic) bond motifs is 1. The van der Waals surface area contributed by atoms with E-state index in [4.69, 9.17) is 0 Å². The first-order valence-electron chi connectivity index (χ1n) is 6.69. The molecule has 0 atom stereocenters.